The van der Waals surface area contributed by atoms with Crippen LogP contribution < -0.4 is 0 Å². The third-order valence-electron chi connectivity index (χ3n) is 5.52. The van der Waals surface area contributed by atoms with Crippen molar-refractivity contribution in [3.8, 4) is 0 Å². The molecule has 7 nitrogen and oxygen atoms in total. The van der Waals surface area contributed by atoms with Gasteiger partial charge in [0.2, 0.25) is 11.8 Å². The molecule has 2 saturated heterocycles. The first-order chi connectivity index (χ1) is 12.4. The largest absolute Gasteiger partial charge is 0.480 e. The average molecular weight is 386 g/mol. The van der Waals surface area contributed by atoms with Crippen molar-refractivity contribution in [1.82, 2.24) is 14.7 Å². The van der Waals surface area contributed by atoms with Gasteiger partial charge >= 0.3 is 5.97 Å². The highest BCUT2D eigenvalue weighted by atomic mass is 32.2. The van der Waals surface area contributed by atoms with Crippen molar-refractivity contribution >= 4 is 29.5 Å². The molecule has 0 aromatic carbocycles. The predicted octanol–water partition coefficient (Wildman–Crippen LogP) is 1.33. The van der Waals surface area contributed by atoms with E-state index in [4.69, 9.17) is 5.11 Å². The van der Waals surface area contributed by atoms with E-state index in [1.165, 1.54) is 0 Å². The van der Waals surface area contributed by atoms with Crippen LogP contribution in [-0.2, 0) is 14.4 Å². The van der Waals surface area contributed by atoms with Gasteiger partial charge in [0.25, 0.3) is 0 Å². The molecule has 0 spiro atoms. The van der Waals surface area contributed by atoms with Gasteiger partial charge in [-0.05, 0) is 25.8 Å². The second-order valence-corrected chi connectivity index (χ2v) is 8.15. The molecule has 0 aromatic rings. The van der Waals surface area contributed by atoms with Crippen molar-refractivity contribution in [2.75, 3.05) is 37.8 Å². The van der Waals surface area contributed by atoms with E-state index in [2.05, 4.69) is 0 Å². The molecular formula is C18H31N3O4S. The molecule has 2 unspecified atom stereocenters. The van der Waals surface area contributed by atoms with Gasteiger partial charge in [0, 0.05) is 30.8 Å². The summed E-state index contributed by atoms with van der Waals surface area (Å²) in [7, 11) is 0. The molecule has 2 aliphatic heterocycles. The number of carbonyl (C=O) groups is 3. The number of hydrogen-bond acceptors (Lipinski definition) is 5. The zero-order chi connectivity index (χ0) is 19.3. The van der Waals surface area contributed by atoms with Crippen molar-refractivity contribution in [2.45, 2.75) is 52.1 Å². The third-order valence-corrected chi connectivity index (χ3v) is 6.53. The summed E-state index contributed by atoms with van der Waals surface area (Å²) in [6, 6.07) is -0.143. The second-order valence-electron chi connectivity index (χ2n) is 7.15. The lowest BCUT2D eigenvalue weighted by molar-refractivity contribution is -0.146. The van der Waals surface area contributed by atoms with Gasteiger partial charge in [-0.25, -0.2) is 0 Å². The molecule has 2 heterocycles. The molecule has 2 fully saturated rings. The van der Waals surface area contributed by atoms with Crippen LogP contribution >= 0.6 is 11.8 Å². The minimum absolute atomic E-state index is 0.0472. The molecule has 2 atom stereocenters. The van der Waals surface area contributed by atoms with Crippen LogP contribution in [0.3, 0.4) is 0 Å². The van der Waals surface area contributed by atoms with E-state index in [9.17, 15) is 14.4 Å². The van der Waals surface area contributed by atoms with Crippen molar-refractivity contribution < 1.29 is 19.5 Å². The highest BCUT2D eigenvalue weighted by molar-refractivity contribution is 7.99. The maximum absolute atomic E-state index is 13.0. The van der Waals surface area contributed by atoms with Crippen LogP contribution in [0, 0.1) is 5.92 Å². The van der Waals surface area contributed by atoms with Crippen LogP contribution in [0.15, 0.2) is 0 Å². The summed E-state index contributed by atoms with van der Waals surface area (Å²) in [6.07, 6.45) is 2.35. The molecule has 26 heavy (non-hydrogen) atoms. The van der Waals surface area contributed by atoms with E-state index in [1.54, 1.807) is 16.7 Å². The molecule has 0 radical (unpaired) electrons. The number of hydrogen-bond donors (Lipinski definition) is 1. The van der Waals surface area contributed by atoms with Gasteiger partial charge in [0.15, 0.2) is 0 Å². The van der Waals surface area contributed by atoms with Crippen LogP contribution in [0.4, 0.5) is 0 Å². The van der Waals surface area contributed by atoms with Crippen molar-refractivity contribution in [2.24, 2.45) is 5.92 Å². The van der Waals surface area contributed by atoms with Crippen LogP contribution in [0.1, 0.15) is 40.0 Å². The normalized spacial score (nSPS) is 22.7. The number of likely N-dealkylation sites (N-methyl/N-ethyl adjacent to an activating group) is 1. The Balaban J connectivity index is 1.93. The van der Waals surface area contributed by atoms with Crippen molar-refractivity contribution in [1.29, 1.82) is 0 Å². The molecule has 148 valence electrons. The molecule has 1 N–H and O–H groups in total. The number of carboxylic acid groups (broad SMARTS) is 1. The molecule has 2 amide bonds. The number of aliphatic carboxylic acids is 1. The van der Waals surface area contributed by atoms with Gasteiger partial charge in [-0.3, -0.25) is 19.3 Å². The van der Waals surface area contributed by atoms with E-state index >= 15 is 0 Å². The lowest BCUT2D eigenvalue weighted by Crippen LogP contribution is -2.54. The quantitative estimate of drug-likeness (QED) is 0.712. The maximum atomic E-state index is 13.0. The summed E-state index contributed by atoms with van der Waals surface area (Å²) < 4.78 is 0. The Morgan fingerprint density at radius 3 is 2.42 bits per heavy atom. The van der Waals surface area contributed by atoms with E-state index in [-0.39, 0.29) is 36.4 Å². The SMILES string of the molecule is CCC(C)C(=O)N1CSCC1C(=O)N1CCC(N(CC)CC(=O)O)CC1. The number of nitrogens with zero attached hydrogens (tertiary/aromatic N) is 3. The second kappa shape index (κ2) is 9.60. The van der Waals surface area contributed by atoms with Crippen LogP contribution in [0.5, 0.6) is 0 Å². The first-order valence-corrected chi connectivity index (χ1v) is 10.7. The Hall–Kier alpha value is -1.28. The van der Waals surface area contributed by atoms with E-state index in [0.29, 0.717) is 31.3 Å². The summed E-state index contributed by atoms with van der Waals surface area (Å²) >= 11 is 1.64. The number of piperidine rings is 1. The topological polar surface area (TPSA) is 81.2 Å². The molecule has 2 rings (SSSR count). The van der Waals surface area contributed by atoms with Crippen molar-refractivity contribution in [3.63, 3.8) is 0 Å². The third kappa shape index (κ3) is 4.91. The number of amides is 2. The number of thioether (sulfide) groups is 1. The molecule has 0 saturated carbocycles. The first-order valence-electron chi connectivity index (χ1n) is 9.51. The molecule has 2 aliphatic rings. The van der Waals surface area contributed by atoms with Gasteiger partial charge in [0.1, 0.15) is 6.04 Å². The summed E-state index contributed by atoms with van der Waals surface area (Å²) in [5, 5.41) is 9.03. The number of rotatable bonds is 7. The van der Waals surface area contributed by atoms with E-state index in [0.717, 1.165) is 19.3 Å². The lowest BCUT2D eigenvalue weighted by atomic mass is 10.0. The maximum Gasteiger partial charge on any atom is 0.317 e. The summed E-state index contributed by atoms with van der Waals surface area (Å²) in [6.45, 7) is 7.88. The highest BCUT2D eigenvalue weighted by Crippen LogP contribution is 2.26. The Labute approximate surface area is 160 Å². The Kier molecular flexibility index (Phi) is 7.76. The summed E-state index contributed by atoms with van der Waals surface area (Å²) in [5.74, 6) is 0.520. The smallest absolute Gasteiger partial charge is 0.317 e. The van der Waals surface area contributed by atoms with E-state index < -0.39 is 5.97 Å². The Morgan fingerprint density at radius 2 is 1.88 bits per heavy atom. The summed E-state index contributed by atoms with van der Waals surface area (Å²) in [4.78, 5) is 42.1. The zero-order valence-corrected chi connectivity index (χ0v) is 16.8. The summed E-state index contributed by atoms with van der Waals surface area (Å²) in [5.41, 5.74) is 0. The van der Waals surface area contributed by atoms with Crippen LogP contribution in [0.2, 0.25) is 0 Å². The molecule has 8 heteroatoms. The van der Waals surface area contributed by atoms with Gasteiger partial charge in [-0.1, -0.05) is 20.8 Å². The fourth-order valence-corrected chi connectivity index (χ4v) is 4.81. The molecule has 0 aliphatic carbocycles. The number of likely N-dealkylation sites (tertiary alicyclic amines) is 1. The standard InChI is InChI=1S/C18H31N3O4S/c1-4-13(3)17(24)21-12-26-11-15(21)18(25)20-8-6-14(7-9-20)19(5-2)10-16(22)23/h13-15H,4-12H2,1-3H3,(H,22,23). The first kappa shape index (κ1) is 21.0. The predicted molar refractivity (Wildman–Crippen MR) is 102 cm³/mol. The minimum Gasteiger partial charge on any atom is -0.480 e. The Bertz CT molecular complexity index is 523. The van der Waals surface area contributed by atoms with E-state index in [1.807, 2.05) is 30.6 Å². The monoisotopic (exact) mass is 385 g/mol. The minimum atomic E-state index is -0.812. The highest BCUT2D eigenvalue weighted by Gasteiger charge is 2.39. The fraction of sp³-hybridized carbons (Fsp3) is 0.833. The van der Waals surface area contributed by atoms with Crippen LogP contribution in [-0.4, -0.2) is 87.5 Å². The number of carbonyl (C=O) groups excluding carboxylic acids is 2. The Morgan fingerprint density at radius 1 is 1.23 bits per heavy atom. The van der Waals surface area contributed by atoms with Gasteiger partial charge in [-0.15, -0.1) is 11.8 Å². The fourth-order valence-electron chi connectivity index (χ4n) is 3.66. The molecule has 0 aromatic heterocycles. The van der Waals surface area contributed by atoms with Crippen LogP contribution in [0.25, 0.3) is 0 Å². The molecular weight excluding hydrogens is 354 g/mol. The average Bonchev–Trinajstić information content (AvgIpc) is 3.13. The van der Waals surface area contributed by atoms with Gasteiger partial charge in [0.05, 0.1) is 12.4 Å². The molecule has 0 bridgehead atoms. The zero-order valence-electron chi connectivity index (χ0n) is 16.0. The number of carboxylic acids is 1. The van der Waals surface area contributed by atoms with Gasteiger partial charge in [-0.2, -0.15) is 0 Å². The van der Waals surface area contributed by atoms with Gasteiger partial charge < -0.3 is 14.9 Å². The van der Waals surface area contributed by atoms with Crippen molar-refractivity contribution in [3.05, 3.63) is 0 Å². The lowest BCUT2D eigenvalue weighted by Gasteiger charge is -2.39.